The van der Waals surface area contributed by atoms with Crippen LogP contribution in [-0.2, 0) is 5.41 Å². The Balaban J connectivity index is 2.43. The molecule has 1 heterocycles. The zero-order chi connectivity index (χ0) is 11.1. The van der Waals surface area contributed by atoms with Gasteiger partial charge in [-0.1, -0.05) is 20.8 Å². The number of hydrogen-bond acceptors (Lipinski definition) is 2. The summed E-state index contributed by atoms with van der Waals surface area (Å²) in [5.74, 6) is 0.685. The molecular formula is C13H20N2. The first kappa shape index (κ1) is 10.5. The molecule has 0 unspecified atom stereocenters. The summed E-state index contributed by atoms with van der Waals surface area (Å²) in [5.41, 5.74) is 9.86. The fourth-order valence-electron chi connectivity index (χ4n) is 1.94. The van der Waals surface area contributed by atoms with Crippen molar-refractivity contribution < 1.29 is 0 Å². The molecule has 0 saturated heterocycles. The first-order valence-corrected chi connectivity index (χ1v) is 5.80. The van der Waals surface area contributed by atoms with Crippen LogP contribution in [0.25, 0.3) is 0 Å². The number of nitrogen functional groups attached to an aromatic ring is 1. The van der Waals surface area contributed by atoms with Crippen molar-refractivity contribution in [2.75, 3.05) is 5.73 Å². The Morgan fingerprint density at radius 3 is 2.60 bits per heavy atom. The zero-order valence-corrected chi connectivity index (χ0v) is 9.88. The van der Waals surface area contributed by atoms with E-state index >= 15 is 0 Å². The summed E-state index contributed by atoms with van der Waals surface area (Å²) >= 11 is 0. The van der Waals surface area contributed by atoms with Gasteiger partial charge in [0.15, 0.2) is 0 Å². The van der Waals surface area contributed by atoms with E-state index in [9.17, 15) is 0 Å². The van der Waals surface area contributed by atoms with E-state index in [4.69, 9.17) is 5.73 Å². The second-order valence-corrected chi connectivity index (χ2v) is 5.20. The minimum atomic E-state index is 0.141. The second-order valence-electron chi connectivity index (χ2n) is 5.20. The van der Waals surface area contributed by atoms with E-state index in [1.54, 1.807) is 0 Å². The van der Waals surface area contributed by atoms with E-state index in [-0.39, 0.29) is 5.41 Å². The van der Waals surface area contributed by atoms with Crippen LogP contribution in [0.2, 0.25) is 0 Å². The average molecular weight is 204 g/mol. The van der Waals surface area contributed by atoms with Gasteiger partial charge in [0.25, 0.3) is 0 Å². The van der Waals surface area contributed by atoms with E-state index in [0.717, 1.165) is 12.1 Å². The monoisotopic (exact) mass is 204 g/mol. The SMILES string of the molecule is CCC(C)(C)c1cncc(C2CC2)c1N. The molecule has 0 bridgehead atoms. The van der Waals surface area contributed by atoms with Crippen LogP contribution in [0.4, 0.5) is 5.69 Å². The minimum absolute atomic E-state index is 0.141. The molecule has 15 heavy (non-hydrogen) atoms. The predicted octanol–water partition coefficient (Wildman–Crippen LogP) is 3.23. The number of aromatic nitrogens is 1. The normalized spacial score (nSPS) is 16.7. The molecule has 82 valence electrons. The molecule has 0 spiro atoms. The van der Waals surface area contributed by atoms with E-state index in [2.05, 4.69) is 25.8 Å². The number of anilines is 1. The van der Waals surface area contributed by atoms with Crippen molar-refractivity contribution in [2.24, 2.45) is 0 Å². The summed E-state index contributed by atoms with van der Waals surface area (Å²) in [4.78, 5) is 4.34. The van der Waals surface area contributed by atoms with E-state index < -0.39 is 0 Å². The fraction of sp³-hybridized carbons (Fsp3) is 0.615. The summed E-state index contributed by atoms with van der Waals surface area (Å²) in [5, 5.41) is 0. The Labute approximate surface area is 91.9 Å². The third-order valence-corrected chi connectivity index (χ3v) is 3.65. The maximum Gasteiger partial charge on any atom is 0.0418 e. The first-order chi connectivity index (χ1) is 7.06. The van der Waals surface area contributed by atoms with E-state index in [1.807, 2.05) is 12.4 Å². The van der Waals surface area contributed by atoms with Crippen molar-refractivity contribution in [3.8, 4) is 0 Å². The number of pyridine rings is 1. The third-order valence-electron chi connectivity index (χ3n) is 3.65. The maximum atomic E-state index is 6.25. The Kier molecular flexibility index (Phi) is 2.45. The van der Waals surface area contributed by atoms with Crippen molar-refractivity contribution in [2.45, 2.75) is 51.4 Å². The van der Waals surface area contributed by atoms with Crippen LogP contribution in [0.3, 0.4) is 0 Å². The lowest BCUT2D eigenvalue weighted by Crippen LogP contribution is -2.19. The van der Waals surface area contributed by atoms with E-state index in [0.29, 0.717) is 5.92 Å². The number of nitrogens with two attached hydrogens (primary N) is 1. The summed E-state index contributed by atoms with van der Waals surface area (Å²) in [6, 6.07) is 0. The summed E-state index contributed by atoms with van der Waals surface area (Å²) < 4.78 is 0. The lowest BCUT2D eigenvalue weighted by Gasteiger charge is -2.25. The van der Waals surface area contributed by atoms with Gasteiger partial charge in [0.1, 0.15) is 0 Å². The topological polar surface area (TPSA) is 38.9 Å². The Morgan fingerprint density at radius 1 is 1.40 bits per heavy atom. The Morgan fingerprint density at radius 2 is 2.07 bits per heavy atom. The van der Waals surface area contributed by atoms with Gasteiger partial charge in [-0.15, -0.1) is 0 Å². The average Bonchev–Trinajstić information content (AvgIpc) is 3.01. The lowest BCUT2D eigenvalue weighted by molar-refractivity contribution is 0.506. The van der Waals surface area contributed by atoms with Gasteiger partial charge in [0.2, 0.25) is 0 Å². The van der Waals surface area contributed by atoms with Gasteiger partial charge in [-0.25, -0.2) is 0 Å². The first-order valence-electron chi connectivity index (χ1n) is 5.80. The van der Waals surface area contributed by atoms with Crippen molar-refractivity contribution in [1.82, 2.24) is 4.98 Å². The highest BCUT2D eigenvalue weighted by Gasteiger charge is 2.29. The van der Waals surface area contributed by atoms with Gasteiger partial charge in [0, 0.05) is 18.1 Å². The Bertz CT molecular complexity index is 365. The molecule has 2 rings (SSSR count). The minimum Gasteiger partial charge on any atom is -0.398 e. The largest absolute Gasteiger partial charge is 0.398 e. The lowest BCUT2D eigenvalue weighted by atomic mass is 9.81. The van der Waals surface area contributed by atoms with Crippen molar-refractivity contribution in [3.05, 3.63) is 23.5 Å². The fourth-order valence-corrected chi connectivity index (χ4v) is 1.94. The van der Waals surface area contributed by atoms with Gasteiger partial charge >= 0.3 is 0 Å². The highest BCUT2D eigenvalue weighted by atomic mass is 14.7. The molecule has 1 aliphatic carbocycles. The molecule has 1 saturated carbocycles. The molecule has 1 aromatic heterocycles. The molecule has 2 nitrogen and oxygen atoms in total. The molecule has 2 heteroatoms. The number of nitrogens with zero attached hydrogens (tertiary/aromatic N) is 1. The molecule has 1 aromatic rings. The van der Waals surface area contributed by atoms with Gasteiger partial charge in [-0.3, -0.25) is 4.98 Å². The quantitative estimate of drug-likeness (QED) is 0.821. The molecule has 2 N–H and O–H groups in total. The van der Waals surface area contributed by atoms with Crippen molar-refractivity contribution in [1.29, 1.82) is 0 Å². The Hall–Kier alpha value is -1.05. The second kappa shape index (κ2) is 3.51. The van der Waals surface area contributed by atoms with Crippen LogP contribution in [0.1, 0.15) is 57.1 Å². The van der Waals surface area contributed by atoms with Crippen LogP contribution in [0.5, 0.6) is 0 Å². The van der Waals surface area contributed by atoms with Crippen molar-refractivity contribution >= 4 is 5.69 Å². The van der Waals surface area contributed by atoms with Crippen LogP contribution >= 0.6 is 0 Å². The molecule has 1 aliphatic rings. The van der Waals surface area contributed by atoms with Gasteiger partial charge in [-0.05, 0) is 41.7 Å². The van der Waals surface area contributed by atoms with Crippen LogP contribution < -0.4 is 5.73 Å². The maximum absolute atomic E-state index is 6.25. The zero-order valence-electron chi connectivity index (χ0n) is 9.88. The molecule has 0 aliphatic heterocycles. The summed E-state index contributed by atoms with van der Waals surface area (Å²) in [6.45, 7) is 6.66. The summed E-state index contributed by atoms with van der Waals surface area (Å²) in [7, 11) is 0. The molecule has 0 aromatic carbocycles. The van der Waals surface area contributed by atoms with Crippen LogP contribution in [0, 0.1) is 0 Å². The molecule has 0 radical (unpaired) electrons. The van der Waals surface area contributed by atoms with Gasteiger partial charge < -0.3 is 5.73 Å². The predicted molar refractivity (Wildman–Crippen MR) is 63.9 cm³/mol. The van der Waals surface area contributed by atoms with E-state index in [1.165, 1.54) is 24.0 Å². The van der Waals surface area contributed by atoms with Crippen molar-refractivity contribution in [3.63, 3.8) is 0 Å². The molecule has 0 atom stereocenters. The van der Waals surface area contributed by atoms with Gasteiger partial charge in [0.05, 0.1) is 0 Å². The standard InChI is InChI=1S/C13H20N2/c1-4-13(2,3)11-8-15-7-10(12(11)14)9-5-6-9/h7-9H,4-6H2,1-3H3,(H2,14,15). The molecule has 1 fully saturated rings. The smallest absolute Gasteiger partial charge is 0.0418 e. The van der Waals surface area contributed by atoms with Crippen LogP contribution in [0.15, 0.2) is 12.4 Å². The summed E-state index contributed by atoms with van der Waals surface area (Å²) in [6.07, 6.45) is 7.53. The van der Waals surface area contributed by atoms with Gasteiger partial charge in [-0.2, -0.15) is 0 Å². The van der Waals surface area contributed by atoms with Crippen LogP contribution in [-0.4, -0.2) is 4.98 Å². The highest BCUT2D eigenvalue weighted by molar-refractivity contribution is 5.57. The number of rotatable bonds is 3. The highest BCUT2D eigenvalue weighted by Crippen LogP contribution is 2.44. The third kappa shape index (κ3) is 1.85. The number of hydrogen-bond donors (Lipinski definition) is 1. The molecule has 0 amide bonds. The molecular weight excluding hydrogens is 184 g/mol.